The molecule has 5 nitrogen and oxygen atoms in total. The lowest BCUT2D eigenvalue weighted by Crippen LogP contribution is -2.30. The number of H-pyrrole nitrogens is 1. The van der Waals surface area contributed by atoms with Crippen molar-refractivity contribution in [3.8, 4) is 11.1 Å². The fourth-order valence-electron chi connectivity index (χ4n) is 2.62. The Morgan fingerprint density at radius 1 is 1.37 bits per heavy atom. The zero-order valence-electron chi connectivity index (χ0n) is 11.0. The van der Waals surface area contributed by atoms with Crippen LogP contribution >= 0.6 is 0 Å². The van der Waals surface area contributed by atoms with Gasteiger partial charge in [-0.25, -0.2) is 0 Å². The van der Waals surface area contributed by atoms with Gasteiger partial charge >= 0.3 is 0 Å². The maximum atomic E-state index is 11.7. The molecule has 0 aliphatic carbocycles. The van der Waals surface area contributed by atoms with Crippen LogP contribution in [0.5, 0.6) is 0 Å². The third-order valence-electron chi connectivity index (χ3n) is 3.69. The third kappa shape index (κ3) is 1.78. The second-order valence-electron chi connectivity index (χ2n) is 4.91. The minimum atomic E-state index is 0.166. The molecule has 0 spiro atoms. The van der Waals surface area contributed by atoms with Crippen LogP contribution in [0, 0.1) is 6.92 Å². The number of nitrogen functional groups attached to an aromatic ring is 1. The molecule has 98 valence electrons. The second-order valence-corrected chi connectivity index (χ2v) is 4.91. The van der Waals surface area contributed by atoms with Crippen LogP contribution < -0.4 is 10.6 Å². The van der Waals surface area contributed by atoms with Crippen molar-refractivity contribution in [2.24, 2.45) is 0 Å². The lowest BCUT2D eigenvalue weighted by Gasteiger charge is -2.26. The molecule has 2 heterocycles. The van der Waals surface area contributed by atoms with Crippen molar-refractivity contribution in [3.05, 3.63) is 29.5 Å². The molecule has 1 aromatic heterocycles. The van der Waals surface area contributed by atoms with E-state index in [1.54, 1.807) is 4.90 Å². The Labute approximate surface area is 111 Å². The van der Waals surface area contributed by atoms with Gasteiger partial charge < -0.3 is 10.6 Å². The number of fused-ring (bicyclic) bond motifs is 1. The summed E-state index contributed by atoms with van der Waals surface area (Å²) in [4.78, 5) is 13.4. The highest BCUT2D eigenvalue weighted by atomic mass is 16.2. The number of nitrogens with zero attached hydrogens (tertiary/aromatic N) is 2. The summed E-state index contributed by atoms with van der Waals surface area (Å²) in [6, 6.07) is 6.07. The molecule has 0 saturated carbocycles. The zero-order chi connectivity index (χ0) is 13.6. The number of anilines is 2. The number of nitrogens with one attached hydrogen (secondary N) is 1. The molecule has 1 aromatic carbocycles. The predicted molar refractivity (Wildman–Crippen MR) is 74.9 cm³/mol. The van der Waals surface area contributed by atoms with E-state index >= 15 is 0 Å². The Morgan fingerprint density at radius 2 is 2.16 bits per heavy atom. The Kier molecular flexibility index (Phi) is 2.55. The highest BCUT2D eigenvalue weighted by molar-refractivity contribution is 5.96. The Hall–Kier alpha value is -2.30. The maximum absolute atomic E-state index is 11.7. The first kappa shape index (κ1) is 11.8. The average molecular weight is 256 g/mol. The molecule has 19 heavy (non-hydrogen) atoms. The molecule has 0 unspecified atom stereocenters. The molecular weight excluding hydrogens is 240 g/mol. The van der Waals surface area contributed by atoms with Gasteiger partial charge in [0.05, 0.1) is 0 Å². The number of hydrogen-bond acceptors (Lipinski definition) is 3. The van der Waals surface area contributed by atoms with Crippen molar-refractivity contribution < 1.29 is 4.79 Å². The maximum Gasteiger partial charge on any atom is 0.227 e. The highest BCUT2D eigenvalue weighted by Gasteiger charge is 2.21. The van der Waals surface area contributed by atoms with Crippen LogP contribution in [0.1, 0.15) is 17.7 Å². The van der Waals surface area contributed by atoms with Crippen molar-refractivity contribution in [1.82, 2.24) is 10.2 Å². The van der Waals surface area contributed by atoms with Crippen molar-refractivity contribution in [1.29, 1.82) is 0 Å². The summed E-state index contributed by atoms with van der Waals surface area (Å²) in [7, 11) is 1.82. The smallest absolute Gasteiger partial charge is 0.227 e. The zero-order valence-corrected chi connectivity index (χ0v) is 11.0. The third-order valence-corrected chi connectivity index (χ3v) is 3.69. The SMILES string of the molecule is Cc1[nH]nc(N)c1-c1ccc2c(c1)CCC(=O)N2C. The molecule has 1 aliphatic rings. The first-order chi connectivity index (χ1) is 9.08. The molecule has 1 amide bonds. The van der Waals surface area contributed by atoms with Gasteiger partial charge in [0.1, 0.15) is 0 Å². The van der Waals surface area contributed by atoms with Crippen LogP contribution in [-0.2, 0) is 11.2 Å². The minimum absolute atomic E-state index is 0.166. The van der Waals surface area contributed by atoms with E-state index in [9.17, 15) is 4.79 Å². The molecule has 1 aliphatic heterocycles. The molecule has 5 heteroatoms. The summed E-state index contributed by atoms with van der Waals surface area (Å²) in [5, 5.41) is 6.91. The summed E-state index contributed by atoms with van der Waals surface area (Å²) < 4.78 is 0. The first-order valence-corrected chi connectivity index (χ1v) is 6.28. The Bertz CT molecular complexity index is 640. The molecule has 0 bridgehead atoms. The van der Waals surface area contributed by atoms with Crippen molar-refractivity contribution in [3.63, 3.8) is 0 Å². The number of benzene rings is 1. The van der Waals surface area contributed by atoms with Gasteiger partial charge in [0.25, 0.3) is 0 Å². The van der Waals surface area contributed by atoms with Crippen LogP contribution in [-0.4, -0.2) is 23.2 Å². The topological polar surface area (TPSA) is 75.0 Å². The molecule has 0 fully saturated rings. The number of carbonyl (C=O) groups is 1. The minimum Gasteiger partial charge on any atom is -0.382 e. The fraction of sp³-hybridized carbons (Fsp3) is 0.286. The number of aromatic amines is 1. The van der Waals surface area contributed by atoms with E-state index in [1.165, 1.54) is 5.56 Å². The Morgan fingerprint density at radius 3 is 2.84 bits per heavy atom. The number of nitrogens with two attached hydrogens (primary N) is 1. The van der Waals surface area contributed by atoms with Crippen LogP contribution in [0.4, 0.5) is 11.5 Å². The standard InChI is InChI=1S/C14H16N4O/c1-8-13(14(15)17-16-8)10-3-5-11-9(7-10)4-6-12(19)18(11)2/h3,5,7H,4,6H2,1-2H3,(H3,15,16,17). The molecule has 0 atom stereocenters. The summed E-state index contributed by atoms with van der Waals surface area (Å²) in [5.74, 6) is 0.678. The number of rotatable bonds is 1. The summed E-state index contributed by atoms with van der Waals surface area (Å²) in [5.41, 5.74) is 11.0. The monoisotopic (exact) mass is 256 g/mol. The van der Waals surface area contributed by atoms with Crippen LogP contribution in [0.15, 0.2) is 18.2 Å². The van der Waals surface area contributed by atoms with Crippen molar-refractivity contribution in [2.75, 3.05) is 17.7 Å². The van der Waals surface area contributed by atoms with Gasteiger partial charge in [-0.1, -0.05) is 6.07 Å². The van der Waals surface area contributed by atoms with E-state index in [1.807, 2.05) is 26.1 Å². The van der Waals surface area contributed by atoms with E-state index in [0.717, 1.165) is 28.9 Å². The van der Waals surface area contributed by atoms with Gasteiger partial charge in [0.15, 0.2) is 5.82 Å². The van der Waals surface area contributed by atoms with E-state index in [4.69, 9.17) is 5.73 Å². The quantitative estimate of drug-likeness (QED) is 0.818. The van der Waals surface area contributed by atoms with Gasteiger partial charge in [-0.2, -0.15) is 5.10 Å². The molecule has 2 aromatic rings. The van der Waals surface area contributed by atoms with Crippen LogP contribution in [0.3, 0.4) is 0 Å². The lowest BCUT2D eigenvalue weighted by molar-refractivity contribution is -0.118. The van der Waals surface area contributed by atoms with E-state index in [2.05, 4.69) is 16.3 Å². The van der Waals surface area contributed by atoms with Crippen LogP contribution in [0.2, 0.25) is 0 Å². The predicted octanol–water partition coefficient (Wildman–Crippen LogP) is 1.88. The Balaban J connectivity index is 2.10. The summed E-state index contributed by atoms with van der Waals surface area (Å²) in [6.45, 7) is 1.95. The number of aromatic nitrogens is 2. The number of hydrogen-bond donors (Lipinski definition) is 2. The fourth-order valence-corrected chi connectivity index (χ4v) is 2.62. The van der Waals surface area contributed by atoms with Crippen molar-refractivity contribution >= 4 is 17.4 Å². The molecule has 3 rings (SSSR count). The lowest BCUT2D eigenvalue weighted by atomic mass is 9.96. The average Bonchev–Trinajstić information content (AvgIpc) is 2.73. The van der Waals surface area contributed by atoms with Crippen molar-refractivity contribution in [2.45, 2.75) is 19.8 Å². The van der Waals surface area contributed by atoms with Gasteiger partial charge in [0.2, 0.25) is 5.91 Å². The van der Waals surface area contributed by atoms with Gasteiger partial charge in [-0.05, 0) is 36.6 Å². The van der Waals surface area contributed by atoms with Crippen LogP contribution in [0.25, 0.3) is 11.1 Å². The number of aryl methyl sites for hydroxylation is 2. The van der Waals surface area contributed by atoms with Gasteiger partial charge in [-0.3, -0.25) is 9.89 Å². The summed E-state index contributed by atoms with van der Waals surface area (Å²) >= 11 is 0. The highest BCUT2D eigenvalue weighted by Crippen LogP contribution is 2.34. The molecular formula is C14H16N4O. The second kappa shape index (κ2) is 4.12. The summed E-state index contributed by atoms with van der Waals surface area (Å²) in [6.07, 6.45) is 1.34. The van der Waals surface area contributed by atoms with Gasteiger partial charge in [0, 0.05) is 30.4 Å². The van der Waals surface area contributed by atoms with Gasteiger partial charge in [-0.15, -0.1) is 0 Å². The molecule has 0 radical (unpaired) electrons. The largest absolute Gasteiger partial charge is 0.382 e. The van der Waals surface area contributed by atoms with E-state index < -0.39 is 0 Å². The number of carbonyl (C=O) groups excluding carboxylic acids is 1. The number of amides is 1. The first-order valence-electron chi connectivity index (χ1n) is 6.28. The normalized spacial score (nSPS) is 14.6. The van der Waals surface area contributed by atoms with E-state index in [0.29, 0.717) is 12.2 Å². The molecule has 3 N–H and O–H groups in total. The molecule has 0 saturated heterocycles. The van der Waals surface area contributed by atoms with E-state index in [-0.39, 0.29) is 5.91 Å².